The van der Waals surface area contributed by atoms with Gasteiger partial charge in [-0.15, -0.1) is 0 Å². The first-order valence-corrected chi connectivity index (χ1v) is 8.24. The summed E-state index contributed by atoms with van der Waals surface area (Å²) in [6.07, 6.45) is 6.55. The number of rotatable bonds is 4. The van der Waals surface area contributed by atoms with Crippen molar-refractivity contribution >= 4 is 27.5 Å². The fraction of sp³-hybridized carbons (Fsp3) is 0.600. The van der Waals surface area contributed by atoms with Crippen LogP contribution in [0.25, 0.3) is 0 Å². The Labute approximate surface area is 123 Å². The summed E-state index contributed by atoms with van der Waals surface area (Å²) in [5.74, 6) is 1.73. The van der Waals surface area contributed by atoms with Gasteiger partial charge in [0, 0.05) is 5.33 Å². The zero-order chi connectivity index (χ0) is 13.0. The summed E-state index contributed by atoms with van der Waals surface area (Å²) in [5, 5.41) is 1.55. The molecule has 0 unspecified atom stereocenters. The minimum Gasteiger partial charge on any atom is -0.489 e. The second kappa shape index (κ2) is 6.81. The van der Waals surface area contributed by atoms with Crippen molar-refractivity contribution in [3.63, 3.8) is 0 Å². The van der Waals surface area contributed by atoms with Gasteiger partial charge < -0.3 is 4.74 Å². The van der Waals surface area contributed by atoms with E-state index < -0.39 is 0 Å². The topological polar surface area (TPSA) is 9.23 Å². The van der Waals surface area contributed by atoms with Crippen LogP contribution >= 0.6 is 27.5 Å². The molecule has 0 radical (unpaired) electrons. The third-order valence-electron chi connectivity index (χ3n) is 3.82. The molecule has 1 saturated carbocycles. The van der Waals surface area contributed by atoms with Crippen molar-refractivity contribution in [3.05, 3.63) is 28.8 Å². The lowest BCUT2D eigenvalue weighted by molar-refractivity contribution is 0.130. The minimum absolute atomic E-state index is 0.347. The number of alkyl halides is 1. The maximum absolute atomic E-state index is 6.24. The first kappa shape index (κ1) is 14.2. The molecule has 0 bridgehead atoms. The maximum atomic E-state index is 6.24. The van der Waals surface area contributed by atoms with Gasteiger partial charge in [-0.2, -0.15) is 0 Å². The molecule has 1 aromatic carbocycles. The summed E-state index contributed by atoms with van der Waals surface area (Å²) < 4.78 is 6.03. The van der Waals surface area contributed by atoms with Crippen molar-refractivity contribution in [2.45, 2.75) is 50.5 Å². The molecule has 100 valence electrons. The van der Waals surface area contributed by atoms with Crippen LogP contribution in [0.2, 0.25) is 5.02 Å². The highest BCUT2D eigenvalue weighted by atomic mass is 79.9. The van der Waals surface area contributed by atoms with Gasteiger partial charge in [-0.05, 0) is 49.3 Å². The Bertz CT molecular complexity index is 386. The molecule has 18 heavy (non-hydrogen) atoms. The Morgan fingerprint density at radius 1 is 1.28 bits per heavy atom. The Morgan fingerprint density at radius 3 is 2.56 bits per heavy atom. The standard InChI is InChI=1S/C15H20BrClO/c1-2-11-3-6-13(7-4-11)18-15-8-5-12(10-16)9-14(15)17/h5,8-9,11,13H,2-4,6-7,10H2,1H3. The fourth-order valence-electron chi connectivity index (χ4n) is 2.56. The average molecular weight is 332 g/mol. The molecular weight excluding hydrogens is 312 g/mol. The van der Waals surface area contributed by atoms with Gasteiger partial charge in [0.1, 0.15) is 5.75 Å². The average Bonchev–Trinajstić information content (AvgIpc) is 2.42. The monoisotopic (exact) mass is 330 g/mol. The highest BCUT2D eigenvalue weighted by molar-refractivity contribution is 9.08. The molecule has 2 rings (SSSR count). The van der Waals surface area contributed by atoms with Crippen molar-refractivity contribution in [1.82, 2.24) is 0 Å². The van der Waals surface area contributed by atoms with Gasteiger partial charge in [-0.25, -0.2) is 0 Å². The van der Waals surface area contributed by atoms with E-state index in [9.17, 15) is 0 Å². The molecule has 0 spiro atoms. The molecule has 1 aromatic rings. The zero-order valence-electron chi connectivity index (χ0n) is 10.8. The van der Waals surface area contributed by atoms with Crippen LogP contribution in [0, 0.1) is 5.92 Å². The van der Waals surface area contributed by atoms with Gasteiger partial charge >= 0.3 is 0 Å². The van der Waals surface area contributed by atoms with E-state index in [1.54, 1.807) is 0 Å². The Hall–Kier alpha value is -0.210. The fourth-order valence-corrected chi connectivity index (χ4v) is 3.16. The third kappa shape index (κ3) is 3.64. The number of benzene rings is 1. The highest BCUT2D eigenvalue weighted by Crippen LogP contribution is 2.32. The van der Waals surface area contributed by atoms with Crippen LogP contribution in [0.15, 0.2) is 18.2 Å². The quantitative estimate of drug-likeness (QED) is 0.654. The molecule has 1 nitrogen and oxygen atoms in total. The molecule has 1 aliphatic carbocycles. The molecule has 0 atom stereocenters. The normalized spacial score (nSPS) is 23.9. The van der Waals surface area contributed by atoms with E-state index in [1.807, 2.05) is 12.1 Å². The Kier molecular flexibility index (Phi) is 5.38. The zero-order valence-corrected chi connectivity index (χ0v) is 13.1. The molecular formula is C15H20BrClO. The number of hydrogen-bond donors (Lipinski definition) is 0. The van der Waals surface area contributed by atoms with Gasteiger partial charge in [0.15, 0.2) is 0 Å². The lowest BCUT2D eigenvalue weighted by atomic mass is 9.86. The molecule has 3 heteroatoms. The van der Waals surface area contributed by atoms with Crippen LogP contribution in [0.3, 0.4) is 0 Å². The van der Waals surface area contributed by atoms with E-state index in [0.29, 0.717) is 6.10 Å². The number of halogens is 2. The summed E-state index contributed by atoms with van der Waals surface area (Å²) >= 11 is 9.67. The van der Waals surface area contributed by atoms with Crippen LogP contribution < -0.4 is 4.74 Å². The predicted octanol–water partition coefficient (Wildman–Crippen LogP) is 5.58. The molecule has 1 aliphatic rings. The molecule has 0 amide bonds. The van der Waals surface area contributed by atoms with E-state index in [1.165, 1.54) is 24.8 Å². The van der Waals surface area contributed by atoms with Crippen molar-refractivity contribution in [2.75, 3.05) is 0 Å². The van der Waals surface area contributed by atoms with Crippen molar-refractivity contribution in [2.24, 2.45) is 5.92 Å². The smallest absolute Gasteiger partial charge is 0.138 e. The largest absolute Gasteiger partial charge is 0.489 e. The van der Waals surface area contributed by atoms with Gasteiger partial charge in [0.05, 0.1) is 11.1 Å². The van der Waals surface area contributed by atoms with Crippen molar-refractivity contribution in [3.8, 4) is 5.75 Å². The molecule has 0 aromatic heterocycles. The van der Waals surface area contributed by atoms with Gasteiger partial charge in [0.2, 0.25) is 0 Å². The van der Waals surface area contributed by atoms with Crippen LogP contribution in [-0.2, 0) is 5.33 Å². The second-order valence-corrected chi connectivity index (χ2v) is 6.04. The van der Waals surface area contributed by atoms with Crippen LogP contribution in [0.4, 0.5) is 0 Å². The first-order chi connectivity index (χ1) is 8.72. The van der Waals surface area contributed by atoms with E-state index in [-0.39, 0.29) is 0 Å². The van der Waals surface area contributed by atoms with E-state index in [2.05, 4.69) is 28.9 Å². The van der Waals surface area contributed by atoms with E-state index in [0.717, 1.165) is 34.9 Å². The van der Waals surface area contributed by atoms with Gasteiger partial charge in [0.25, 0.3) is 0 Å². The maximum Gasteiger partial charge on any atom is 0.138 e. The number of ether oxygens (including phenoxy) is 1. The lowest BCUT2D eigenvalue weighted by Gasteiger charge is -2.28. The molecule has 0 N–H and O–H groups in total. The van der Waals surface area contributed by atoms with Gasteiger partial charge in [-0.1, -0.05) is 46.9 Å². The lowest BCUT2D eigenvalue weighted by Crippen LogP contribution is -2.24. The Balaban J connectivity index is 1.94. The van der Waals surface area contributed by atoms with Crippen LogP contribution in [-0.4, -0.2) is 6.10 Å². The molecule has 0 aliphatic heterocycles. The number of hydrogen-bond acceptors (Lipinski definition) is 1. The van der Waals surface area contributed by atoms with E-state index in [4.69, 9.17) is 16.3 Å². The summed E-state index contributed by atoms with van der Waals surface area (Å²) in [5.41, 5.74) is 1.18. The summed E-state index contributed by atoms with van der Waals surface area (Å²) in [4.78, 5) is 0. The summed E-state index contributed by atoms with van der Waals surface area (Å²) in [6, 6.07) is 6.03. The third-order valence-corrected chi connectivity index (χ3v) is 4.76. The van der Waals surface area contributed by atoms with Gasteiger partial charge in [-0.3, -0.25) is 0 Å². The van der Waals surface area contributed by atoms with Crippen molar-refractivity contribution in [1.29, 1.82) is 0 Å². The molecule has 1 fully saturated rings. The molecule has 0 heterocycles. The Morgan fingerprint density at radius 2 is 2.00 bits per heavy atom. The first-order valence-electron chi connectivity index (χ1n) is 6.74. The highest BCUT2D eigenvalue weighted by Gasteiger charge is 2.21. The molecule has 0 saturated heterocycles. The summed E-state index contributed by atoms with van der Waals surface area (Å²) in [7, 11) is 0. The van der Waals surface area contributed by atoms with E-state index >= 15 is 0 Å². The summed E-state index contributed by atoms with van der Waals surface area (Å²) in [6.45, 7) is 2.28. The second-order valence-electron chi connectivity index (χ2n) is 5.07. The predicted molar refractivity (Wildman–Crippen MR) is 80.7 cm³/mol. The SMILES string of the molecule is CCC1CCC(Oc2ccc(CBr)cc2Cl)CC1. The van der Waals surface area contributed by atoms with Crippen molar-refractivity contribution < 1.29 is 4.74 Å². The van der Waals surface area contributed by atoms with Crippen LogP contribution in [0.5, 0.6) is 5.75 Å². The minimum atomic E-state index is 0.347. The van der Waals surface area contributed by atoms with Crippen LogP contribution in [0.1, 0.15) is 44.6 Å².